The Morgan fingerprint density at radius 2 is 2.10 bits per heavy atom. The Balaban J connectivity index is 1.76. The van der Waals surface area contributed by atoms with Crippen LogP contribution in [0.15, 0.2) is 0 Å². The molecule has 0 aromatic rings. The lowest BCUT2D eigenvalue weighted by atomic mass is 10.0. The van der Waals surface area contributed by atoms with Crippen LogP contribution in [-0.2, 0) is 14.4 Å². The van der Waals surface area contributed by atoms with Gasteiger partial charge in [0.2, 0.25) is 11.8 Å². The first kappa shape index (κ1) is 15.7. The fraction of sp³-hybridized carbons (Fsp3) is 0.769. The van der Waals surface area contributed by atoms with E-state index in [1.165, 1.54) is 4.90 Å². The number of aliphatic carboxylic acids is 1. The van der Waals surface area contributed by atoms with Gasteiger partial charge in [-0.25, -0.2) is 0 Å². The summed E-state index contributed by atoms with van der Waals surface area (Å²) in [6.07, 6.45) is 2.33. The monoisotopic (exact) mass is 298 g/mol. The van der Waals surface area contributed by atoms with E-state index in [1.807, 2.05) is 0 Å². The number of hydrogen-bond acceptors (Lipinski definition) is 5. The molecule has 8 heteroatoms. The molecule has 1 atom stereocenters. The van der Waals surface area contributed by atoms with Gasteiger partial charge in [-0.3, -0.25) is 19.3 Å². The summed E-state index contributed by atoms with van der Waals surface area (Å²) >= 11 is 0. The highest BCUT2D eigenvalue weighted by atomic mass is 16.4. The van der Waals surface area contributed by atoms with E-state index >= 15 is 0 Å². The Kier molecular flexibility index (Phi) is 4.48. The van der Waals surface area contributed by atoms with Gasteiger partial charge in [0.15, 0.2) is 0 Å². The molecule has 1 unspecified atom stereocenters. The molecule has 2 fully saturated rings. The van der Waals surface area contributed by atoms with Crippen LogP contribution in [0, 0.1) is 0 Å². The fourth-order valence-electron chi connectivity index (χ4n) is 2.34. The van der Waals surface area contributed by atoms with E-state index in [-0.39, 0.29) is 37.5 Å². The van der Waals surface area contributed by atoms with Crippen molar-refractivity contribution in [1.82, 2.24) is 15.1 Å². The molecule has 2 aliphatic rings. The zero-order valence-electron chi connectivity index (χ0n) is 12.2. The van der Waals surface area contributed by atoms with Crippen molar-refractivity contribution in [2.45, 2.75) is 30.8 Å². The van der Waals surface area contributed by atoms with Crippen molar-refractivity contribution in [3.8, 4) is 0 Å². The van der Waals surface area contributed by atoms with Crippen LogP contribution in [-0.4, -0.2) is 77.5 Å². The summed E-state index contributed by atoms with van der Waals surface area (Å²) in [5.74, 6) is -1.42. The Morgan fingerprint density at radius 1 is 1.43 bits per heavy atom. The van der Waals surface area contributed by atoms with E-state index in [9.17, 15) is 14.4 Å². The maximum atomic E-state index is 12.0. The largest absolute Gasteiger partial charge is 0.480 e. The number of amides is 2. The third-order valence-corrected chi connectivity index (χ3v) is 3.91. The van der Waals surface area contributed by atoms with Crippen LogP contribution in [0.2, 0.25) is 0 Å². The second-order valence-electron chi connectivity index (χ2n) is 6.01. The number of hydrogen-bond donors (Lipinski definition) is 3. The Hall–Kier alpha value is -1.67. The van der Waals surface area contributed by atoms with Crippen molar-refractivity contribution >= 4 is 17.8 Å². The number of nitrogens with zero attached hydrogens (tertiary/aromatic N) is 2. The zero-order valence-corrected chi connectivity index (χ0v) is 12.2. The first-order valence-electron chi connectivity index (χ1n) is 7.08. The van der Waals surface area contributed by atoms with Gasteiger partial charge in [-0.15, -0.1) is 0 Å². The van der Waals surface area contributed by atoms with Gasteiger partial charge in [0.1, 0.15) is 5.54 Å². The van der Waals surface area contributed by atoms with Crippen molar-refractivity contribution in [1.29, 1.82) is 0 Å². The molecule has 0 bridgehead atoms. The molecular weight excluding hydrogens is 276 g/mol. The molecular formula is C13H22N4O4. The standard InChI is InChI=1S/C13H22N4O4/c1-16(6-10(18)15-9-2-3-9)11(19)7-17-5-4-13(14,8-17)12(20)21/h9H,2-8,14H2,1H3,(H,15,18)(H,20,21). The van der Waals surface area contributed by atoms with E-state index in [0.717, 1.165) is 12.8 Å². The van der Waals surface area contributed by atoms with Crippen LogP contribution in [0.5, 0.6) is 0 Å². The summed E-state index contributed by atoms with van der Waals surface area (Å²) in [4.78, 5) is 37.8. The van der Waals surface area contributed by atoms with Crippen LogP contribution in [0.4, 0.5) is 0 Å². The molecule has 0 aromatic carbocycles. The average Bonchev–Trinajstić information content (AvgIpc) is 3.11. The Morgan fingerprint density at radius 3 is 2.62 bits per heavy atom. The molecule has 0 spiro atoms. The van der Waals surface area contributed by atoms with E-state index in [0.29, 0.717) is 13.0 Å². The molecule has 8 nitrogen and oxygen atoms in total. The van der Waals surface area contributed by atoms with Gasteiger partial charge in [0.25, 0.3) is 0 Å². The number of carboxylic acid groups (broad SMARTS) is 1. The summed E-state index contributed by atoms with van der Waals surface area (Å²) in [7, 11) is 1.57. The van der Waals surface area contributed by atoms with Gasteiger partial charge >= 0.3 is 5.97 Å². The number of carbonyl (C=O) groups excluding carboxylic acids is 2. The molecule has 1 aliphatic heterocycles. The van der Waals surface area contributed by atoms with Crippen molar-refractivity contribution in [2.24, 2.45) is 5.73 Å². The highest BCUT2D eigenvalue weighted by Gasteiger charge is 2.41. The first-order chi connectivity index (χ1) is 9.80. The second kappa shape index (κ2) is 5.98. The first-order valence-corrected chi connectivity index (χ1v) is 7.08. The number of likely N-dealkylation sites (tertiary alicyclic amines) is 1. The summed E-state index contributed by atoms with van der Waals surface area (Å²) in [6, 6.07) is 0.271. The number of likely N-dealkylation sites (N-methyl/N-ethyl adjacent to an activating group) is 1. The number of nitrogens with two attached hydrogens (primary N) is 1. The van der Waals surface area contributed by atoms with Crippen LogP contribution < -0.4 is 11.1 Å². The van der Waals surface area contributed by atoms with Gasteiger partial charge in [-0.1, -0.05) is 0 Å². The van der Waals surface area contributed by atoms with Crippen LogP contribution in [0.1, 0.15) is 19.3 Å². The summed E-state index contributed by atoms with van der Waals surface area (Å²) in [5, 5.41) is 11.9. The van der Waals surface area contributed by atoms with Crippen molar-refractivity contribution in [3.63, 3.8) is 0 Å². The lowest BCUT2D eigenvalue weighted by Crippen LogP contribution is -2.51. The molecule has 118 valence electrons. The number of carbonyl (C=O) groups is 3. The second-order valence-corrected chi connectivity index (χ2v) is 6.01. The van der Waals surface area contributed by atoms with E-state index < -0.39 is 11.5 Å². The lowest BCUT2D eigenvalue weighted by Gasteiger charge is -2.22. The van der Waals surface area contributed by atoms with Gasteiger partial charge in [-0.05, 0) is 19.3 Å². The third kappa shape index (κ3) is 4.15. The summed E-state index contributed by atoms with van der Waals surface area (Å²) in [6.45, 7) is 0.724. The van der Waals surface area contributed by atoms with E-state index in [4.69, 9.17) is 10.8 Å². The van der Waals surface area contributed by atoms with Gasteiger partial charge in [0.05, 0.1) is 13.1 Å². The molecule has 1 aliphatic carbocycles. The minimum atomic E-state index is -1.28. The maximum absolute atomic E-state index is 12.0. The molecule has 4 N–H and O–H groups in total. The fourth-order valence-corrected chi connectivity index (χ4v) is 2.34. The Bertz CT molecular complexity index is 451. The predicted molar refractivity (Wildman–Crippen MR) is 74.4 cm³/mol. The number of rotatable bonds is 6. The summed E-state index contributed by atoms with van der Waals surface area (Å²) < 4.78 is 0. The van der Waals surface area contributed by atoms with E-state index in [2.05, 4.69) is 5.32 Å². The number of carboxylic acids is 1. The normalized spacial score (nSPS) is 25.6. The molecule has 1 heterocycles. The van der Waals surface area contributed by atoms with Crippen molar-refractivity contribution < 1.29 is 19.5 Å². The zero-order chi connectivity index (χ0) is 15.6. The van der Waals surface area contributed by atoms with Gasteiger partial charge < -0.3 is 21.1 Å². The third-order valence-electron chi connectivity index (χ3n) is 3.91. The quantitative estimate of drug-likeness (QED) is 0.533. The minimum Gasteiger partial charge on any atom is -0.480 e. The van der Waals surface area contributed by atoms with Crippen molar-refractivity contribution in [3.05, 3.63) is 0 Å². The molecule has 2 rings (SSSR count). The van der Waals surface area contributed by atoms with E-state index in [1.54, 1.807) is 11.9 Å². The molecule has 0 aromatic heterocycles. The number of nitrogens with one attached hydrogen (secondary N) is 1. The van der Waals surface area contributed by atoms with Gasteiger partial charge in [0, 0.05) is 26.2 Å². The van der Waals surface area contributed by atoms with Crippen LogP contribution in [0.3, 0.4) is 0 Å². The predicted octanol–water partition coefficient (Wildman–Crippen LogP) is -1.79. The average molecular weight is 298 g/mol. The molecule has 1 saturated carbocycles. The molecule has 0 radical (unpaired) electrons. The summed E-state index contributed by atoms with van der Waals surface area (Å²) in [5.41, 5.74) is 4.48. The van der Waals surface area contributed by atoms with Crippen molar-refractivity contribution in [2.75, 3.05) is 33.2 Å². The maximum Gasteiger partial charge on any atom is 0.325 e. The highest BCUT2D eigenvalue weighted by Crippen LogP contribution is 2.19. The SMILES string of the molecule is CN(CC(=O)NC1CC1)C(=O)CN1CCC(N)(C(=O)O)C1. The molecule has 21 heavy (non-hydrogen) atoms. The van der Waals surface area contributed by atoms with Crippen LogP contribution >= 0.6 is 0 Å². The molecule has 2 amide bonds. The highest BCUT2D eigenvalue weighted by molar-refractivity contribution is 5.86. The minimum absolute atomic E-state index is 0.0237. The smallest absolute Gasteiger partial charge is 0.325 e. The molecule has 1 saturated heterocycles. The van der Waals surface area contributed by atoms with Crippen LogP contribution in [0.25, 0.3) is 0 Å². The Labute approximate surface area is 123 Å². The topological polar surface area (TPSA) is 116 Å². The lowest BCUT2D eigenvalue weighted by molar-refractivity contribution is -0.143. The van der Waals surface area contributed by atoms with Gasteiger partial charge in [-0.2, -0.15) is 0 Å².